The number of rotatable bonds is 3. The largest absolute Gasteiger partial charge is 0.363 e. The number of carbonyl (C=O) groups excluding carboxylic acids is 1. The summed E-state index contributed by atoms with van der Waals surface area (Å²) in [6.07, 6.45) is 0.446. The second kappa shape index (κ2) is 4.38. The minimum absolute atomic E-state index is 0.299. The first-order valence-corrected chi connectivity index (χ1v) is 5.19. The number of azo groups is 1. The van der Waals surface area contributed by atoms with E-state index in [1.54, 1.807) is 17.0 Å². The standard InChI is InChI=1S/C11H12FN3O/c1-2-7-15-10(13-14-11(15)16)8-3-5-9(12)6-4-8/h3-6,10H,2,7H2,1H3. The first-order chi connectivity index (χ1) is 7.72. The molecule has 4 nitrogen and oxygen atoms in total. The van der Waals surface area contributed by atoms with E-state index in [0.29, 0.717) is 6.54 Å². The summed E-state index contributed by atoms with van der Waals surface area (Å²) in [5.74, 6) is -0.299. The van der Waals surface area contributed by atoms with E-state index in [0.717, 1.165) is 12.0 Å². The van der Waals surface area contributed by atoms with E-state index in [2.05, 4.69) is 10.2 Å². The molecule has 1 aliphatic heterocycles. The smallest absolute Gasteiger partial charge is 0.294 e. The fraction of sp³-hybridized carbons (Fsp3) is 0.364. The summed E-state index contributed by atoms with van der Waals surface area (Å²) in [4.78, 5) is 13.0. The first-order valence-electron chi connectivity index (χ1n) is 5.19. The van der Waals surface area contributed by atoms with Gasteiger partial charge in [-0.25, -0.2) is 9.18 Å². The average molecular weight is 221 g/mol. The number of nitrogens with zero attached hydrogens (tertiary/aromatic N) is 3. The van der Waals surface area contributed by atoms with Crippen molar-refractivity contribution in [3.05, 3.63) is 35.6 Å². The van der Waals surface area contributed by atoms with Crippen molar-refractivity contribution in [1.29, 1.82) is 0 Å². The molecule has 0 spiro atoms. The van der Waals surface area contributed by atoms with E-state index in [1.807, 2.05) is 6.92 Å². The molecule has 0 aliphatic carbocycles. The quantitative estimate of drug-likeness (QED) is 0.773. The SMILES string of the molecule is CCCN1C(=O)N=NC1c1ccc(F)cc1. The maximum Gasteiger partial charge on any atom is 0.363 e. The summed E-state index contributed by atoms with van der Waals surface area (Å²) >= 11 is 0. The van der Waals surface area contributed by atoms with Crippen LogP contribution in [0.4, 0.5) is 9.18 Å². The van der Waals surface area contributed by atoms with Crippen LogP contribution in [0.1, 0.15) is 25.1 Å². The van der Waals surface area contributed by atoms with Gasteiger partial charge in [0, 0.05) is 6.54 Å². The van der Waals surface area contributed by atoms with Crippen molar-refractivity contribution in [3.8, 4) is 0 Å². The molecule has 0 fully saturated rings. The van der Waals surface area contributed by atoms with Crippen LogP contribution in [0, 0.1) is 5.82 Å². The van der Waals surface area contributed by atoms with Gasteiger partial charge in [-0.1, -0.05) is 24.2 Å². The molecular formula is C11H12FN3O. The fourth-order valence-electron chi connectivity index (χ4n) is 1.67. The zero-order valence-electron chi connectivity index (χ0n) is 8.93. The van der Waals surface area contributed by atoms with Gasteiger partial charge in [-0.15, -0.1) is 0 Å². The summed E-state index contributed by atoms with van der Waals surface area (Å²) in [6.45, 7) is 2.58. The zero-order valence-corrected chi connectivity index (χ0v) is 8.93. The van der Waals surface area contributed by atoms with Gasteiger partial charge in [0.15, 0.2) is 6.17 Å². The summed E-state index contributed by atoms with van der Waals surface area (Å²) in [6, 6.07) is 5.65. The maximum atomic E-state index is 12.8. The van der Waals surface area contributed by atoms with Crippen molar-refractivity contribution >= 4 is 6.03 Å². The highest BCUT2D eigenvalue weighted by Crippen LogP contribution is 2.28. The third-order valence-electron chi connectivity index (χ3n) is 2.43. The van der Waals surface area contributed by atoms with Crippen LogP contribution in [0.25, 0.3) is 0 Å². The molecule has 1 aromatic rings. The molecule has 1 aromatic carbocycles. The molecule has 1 atom stereocenters. The molecule has 0 bridgehead atoms. The summed E-state index contributed by atoms with van der Waals surface area (Å²) < 4.78 is 12.8. The molecule has 1 unspecified atom stereocenters. The second-order valence-corrected chi connectivity index (χ2v) is 3.62. The molecule has 0 N–H and O–H groups in total. The summed E-state index contributed by atoms with van der Waals surface area (Å²) in [5, 5.41) is 7.43. The van der Waals surface area contributed by atoms with Crippen molar-refractivity contribution in [1.82, 2.24) is 4.90 Å². The molecule has 2 amide bonds. The highest BCUT2D eigenvalue weighted by atomic mass is 19.1. The average Bonchev–Trinajstić information content (AvgIpc) is 2.63. The molecule has 16 heavy (non-hydrogen) atoms. The van der Waals surface area contributed by atoms with Crippen molar-refractivity contribution in [2.24, 2.45) is 10.2 Å². The van der Waals surface area contributed by atoms with E-state index in [1.165, 1.54) is 12.1 Å². The number of benzene rings is 1. The number of hydrogen-bond acceptors (Lipinski definition) is 2. The van der Waals surface area contributed by atoms with Gasteiger partial charge in [-0.3, -0.25) is 4.90 Å². The highest BCUT2D eigenvalue weighted by molar-refractivity contribution is 5.76. The van der Waals surface area contributed by atoms with E-state index >= 15 is 0 Å². The number of urea groups is 1. The van der Waals surface area contributed by atoms with Crippen LogP contribution in [0.5, 0.6) is 0 Å². The van der Waals surface area contributed by atoms with Gasteiger partial charge in [0.25, 0.3) is 0 Å². The van der Waals surface area contributed by atoms with Crippen LogP contribution in [0.3, 0.4) is 0 Å². The molecule has 84 valence electrons. The van der Waals surface area contributed by atoms with Crippen LogP contribution in [-0.2, 0) is 0 Å². The Morgan fingerprint density at radius 3 is 2.69 bits per heavy atom. The Hall–Kier alpha value is -1.78. The number of carbonyl (C=O) groups is 1. The van der Waals surface area contributed by atoms with Gasteiger partial charge in [0.05, 0.1) is 0 Å². The minimum atomic E-state index is -0.395. The zero-order chi connectivity index (χ0) is 11.5. The Morgan fingerprint density at radius 2 is 2.06 bits per heavy atom. The third-order valence-corrected chi connectivity index (χ3v) is 2.43. The molecule has 0 radical (unpaired) electrons. The van der Waals surface area contributed by atoms with E-state index in [-0.39, 0.29) is 11.8 Å². The van der Waals surface area contributed by atoms with Crippen molar-refractivity contribution in [3.63, 3.8) is 0 Å². The lowest BCUT2D eigenvalue weighted by Gasteiger charge is -2.20. The van der Waals surface area contributed by atoms with E-state index < -0.39 is 6.17 Å². The third kappa shape index (κ3) is 1.93. The van der Waals surface area contributed by atoms with Gasteiger partial charge in [0.2, 0.25) is 0 Å². The Morgan fingerprint density at radius 1 is 1.38 bits per heavy atom. The molecule has 1 heterocycles. The fourth-order valence-corrected chi connectivity index (χ4v) is 1.67. The predicted octanol–water partition coefficient (Wildman–Crippen LogP) is 3.12. The van der Waals surface area contributed by atoms with Crippen molar-refractivity contribution < 1.29 is 9.18 Å². The summed E-state index contributed by atoms with van der Waals surface area (Å²) in [7, 11) is 0. The first kappa shape index (κ1) is 10.7. The Balaban J connectivity index is 2.23. The summed E-state index contributed by atoms with van der Waals surface area (Å²) in [5.41, 5.74) is 0.782. The van der Waals surface area contributed by atoms with Crippen LogP contribution in [-0.4, -0.2) is 17.5 Å². The Bertz CT molecular complexity index is 416. The molecular weight excluding hydrogens is 209 g/mol. The van der Waals surface area contributed by atoms with Gasteiger partial charge >= 0.3 is 6.03 Å². The van der Waals surface area contributed by atoms with Gasteiger partial charge in [0.1, 0.15) is 5.82 Å². The Kier molecular flexibility index (Phi) is 2.94. The number of amides is 2. The highest BCUT2D eigenvalue weighted by Gasteiger charge is 2.29. The van der Waals surface area contributed by atoms with E-state index in [4.69, 9.17) is 0 Å². The van der Waals surface area contributed by atoms with Crippen molar-refractivity contribution in [2.45, 2.75) is 19.5 Å². The normalized spacial score (nSPS) is 19.5. The van der Waals surface area contributed by atoms with Crippen molar-refractivity contribution in [2.75, 3.05) is 6.54 Å². The van der Waals surface area contributed by atoms with E-state index in [9.17, 15) is 9.18 Å². The predicted molar refractivity (Wildman–Crippen MR) is 56.4 cm³/mol. The molecule has 0 saturated carbocycles. The maximum absolute atomic E-state index is 12.8. The molecule has 0 aromatic heterocycles. The lowest BCUT2D eigenvalue weighted by Crippen LogP contribution is -2.28. The topological polar surface area (TPSA) is 45.0 Å². The minimum Gasteiger partial charge on any atom is -0.294 e. The lowest BCUT2D eigenvalue weighted by atomic mass is 10.1. The molecule has 5 heteroatoms. The van der Waals surface area contributed by atoms with Gasteiger partial charge in [-0.2, -0.15) is 5.11 Å². The lowest BCUT2D eigenvalue weighted by molar-refractivity contribution is 0.201. The molecule has 1 aliphatic rings. The molecule has 0 saturated heterocycles. The number of hydrogen-bond donors (Lipinski definition) is 0. The molecule has 2 rings (SSSR count). The van der Waals surface area contributed by atoms with Gasteiger partial charge < -0.3 is 0 Å². The monoisotopic (exact) mass is 221 g/mol. The van der Waals surface area contributed by atoms with Crippen LogP contribution in [0.2, 0.25) is 0 Å². The Labute approximate surface area is 92.8 Å². The second-order valence-electron chi connectivity index (χ2n) is 3.62. The van der Waals surface area contributed by atoms with Crippen LogP contribution >= 0.6 is 0 Å². The van der Waals surface area contributed by atoms with Crippen LogP contribution < -0.4 is 0 Å². The van der Waals surface area contributed by atoms with Gasteiger partial charge in [-0.05, 0) is 24.1 Å². The number of halogens is 1. The van der Waals surface area contributed by atoms with Crippen LogP contribution in [0.15, 0.2) is 34.5 Å².